The molecule has 1 atom stereocenters. The summed E-state index contributed by atoms with van der Waals surface area (Å²) in [6.45, 7) is 4.39. The average Bonchev–Trinajstić information content (AvgIpc) is 3.29. The van der Waals surface area contributed by atoms with Crippen molar-refractivity contribution in [2.24, 2.45) is 12.5 Å². The summed E-state index contributed by atoms with van der Waals surface area (Å²) in [4.78, 5) is 13.6. The van der Waals surface area contributed by atoms with E-state index in [-0.39, 0.29) is 17.1 Å². The van der Waals surface area contributed by atoms with Crippen molar-refractivity contribution in [3.63, 3.8) is 0 Å². The molecule has 4 heteroatoms. The number of carbonyl (C=O) groups is 1. The first-order valence-electron chi connectivity index (χ1n) is 10.5. The molecule has 2 aromatic carbocycles. The van der Waals surface area contributed by atoms with Crippen LogP contribution in [-0.2, 0) is 11.8 Å². The minimum Gasteiger partial charge on any atom is -0.358 e. The molecule has 1 N–H and O–H groups in total. The molecule has 3 nitrogen and oxygen atoms in total. The quantitative estimate of drug-likeness (QED) is 0.382. The van der Waals surface area contributed by atoms with Gasteiger partial charge in [0.05, 0.1) is 5.52 Å². The summed E-state index contributed by atoms with van der Waals surface area (Å²) >= 11 is 1.77. The van der Waals surface area contributed by atoms with Crippen molar-refractivity contribution in [1.82, 2.24) is 4.57 Å². The third kappa shape index (κ3) is 2.46. The second-order valence-electron chi connectivity index (χ2n) is 9.47. The maximum absolute atomic E-state index is 13.6. The number of carbonyl (C=O) groups excluding carboxylic acids is 1. The van der Waals surface area contributed by atoms with Crippen LogP contribution in [0.5, 0.6) is 0 Å². The standard InChI is InChI=1S/C26H24N2OS/c1-26(2)12-19-23(20(29)13-26)22(17-14-30-21-7-5-4-6-16(17)21)24-18(27-19)9-8-15-10-11-28(3)25(15)24/h4-11,14,22,27H,12-13H2,1-3H3. The van der Waals surface area contributed by atoms with Gasteiger partial charge in [0.1, 0.15) is 0 Å². The van der Waals surface area contributed by atoms with Crippen LogP contribution in [0.3, 0.4) is 0 Å². The van der Waals surface area contributed by atoms with Crippen LogP contribution < -0.4 is 5.32 Å². The fourth-order valence-electron chi connectivity index (χ4n) is 5.44. The van der Waals surface area contributed by atoms with Crippen molar-refractivity contribution in [1.29, 1.82) is 0 Å². The van der Waals surface area contributed by atoms with Crippen LogP contribution in [0.25, 0.3) is 21.0 Å². The van der Waals surface area contributed by atoms with E-state index in [1.54, 1.807) is 11.3 Å². The first kappa shape index (κ1) is 18.0. The molecule has 0 amide bonds. The van der Waals surface area contributed by atoms with E-state index in [9.17, 15) is 4.79 Å². The van der Waals surface area contributed by atoms with Gasteiger partial charge in [-0.15, -0.1) is 11.3 Å². The van der Waals surface area contributed by atoms with Gasteiger partial charge in [0.25, 0.3) is 0 Å². The highest BCUT2D eigenvalue weighted by molar-refractivity contribution is 7.17. The third-order valence-electron chi connectivity index (χ3n) is 6.68. The Hall–Kier alpha value is -2.85. The molecule has 0 saturated carbocycles. The predicted molar refractivity (Wildman–Crippen MR) is 125 cm³/mol. The number of hydrogen-bond acceptors (Lipinski definition) is 3. The Kier molecular flexibility index (Phi) is 3.64. The van der Waals surface area contributed by atoms with E-state index in [1.165, 1.54) is 32.1 Å². The minimum atomic E-state index is -0.0340. The molecule has 0 saturated heterocycles. The lowest BCUT2D eigenvalue weighted by Gasteiger charge is -2.39. The maximum atomic E-state index is 13.6. The van der Waals surface area contributed by atoms with Crippen molar-refractivity contribution in [2.45, 2.75) is 32.6 Å². The number of fused-ring (bicyclic) bond motifs is 4. The van der Waals surface area contributed by atoms with Gasteiger partial charge in [-0.3, -0.25) is 4.79 Å². The Labute approximate surface area is 180 Å². The number of aromatic nitrogens is 1. The fraction of sp³-hybridized carbons (Fsp3) is 0.269. The molecule has 0 fully saturated rings. The van der Waals surface area contributed by atoms with Crippen LogP contribution in [0.1, 0.15) is 43.7 Å². The number of nitrogens with one attached hydrogen (secondary N) is 1. The molecule has 30 heavy (non-hydrogen) atoms. The van der Waals surface area contributed by atoms with Gasteiger partial charge >= 0.3 is 0 Å². The van der Waals surface area contributed by atoms with Crippen LogP contribution in [0.4, 0.5) is 5.69 Å². The van der Waals surface area contributed by atoms with Gasteiger partial charge in [-0.2, -0.15) is 0 Å². The monoisotopic (exact) mass is 412 g/mol. The highest BCUT2D eigenvalue weighted by atomic mass is 32.1. The average molecular weight is 413 g/mol. The number of Topliss-reactive ketones (excluding diaryl/α,β-unsaturated/α-hetero) is 1. The zero-order chi connectivity index (χ0) is 20.6. The number of nitrogens with zero attached hydrogens (tertiary/aromatic N) is 1. The summed E-state index contributed by atoms with van der Waals surface area (Å²) in [6, 6.07) is 15.1. The van der Waals surface area contributed by atoms with Gasteiger partial charge in [0.15, 0.2) is 5.78 Å². The van der Waals surface area contributed by atoms with E-state index >= 15 is 0 Å². The number of hydrogen-bond donors (Lipinski definition) is 1. The van der Waals surface area contributed by atoms with Crippen molar-refractivity contribution in [2.75, 3.05) is 5.32 Å². The second kappa shape index (κ2) is 6.08. The van der Waals surface area contributed by atoms with Gasteiger partial charge < -0.3 is 9.88 Å². The van der Waals surface area contributed by atoms with Crippen LogP contribution in [0.15, 0.2) is 65.3 Å². The molecule has 0 bridgehead atoms. The van der Waals surface area contributed by atoms with Crippen molar-refractivity contribution >= 4 is 43.8 Å². The highest BCUT2D eigenvalue weighted by Crippen LogP contribution is 2.52. The summed E-state index contributed by atoms with van der Waals surface area (Å²) in [5, 5.41) is 8.43. The van der Waals surface area contributed by atoms with Gasteiger partial charge in [0, 0.05) is 58.2 Å². The molecule has 1 unspecified atom stereocenters. The van der Waals surface area contributed by atoms with E-state index < -0.39 is 0 Å². The number of anilines is 1. The predicted octanol–water partition coefficient (Wildman–Crippen LogP) is 6.59. The molecule has 2 aromatic heterocycles. The Morgan fingerprint density at radius 3 is 2.80 bits per heavy atom. The number of ketones is 1. The zero-order valence-corrected chi connectivity index (χ0v) is 18.3. The summed E-state index contributed by atoms with van der Waals surface area (Å²) in [6.07, 6.45) is 3.62. The van der Waals surface area contributed by atoms with E-state index in [2.05, 4.69) is 84.8 Å². The van der Waals surface area contributed by atoms with Gasteiger partial charge in [-0.1, -0.05) is 38.1 Å². The summed E-state index contributed by atoms with van der Waals surface area (Å²) in [7, 11) is 2.10. The smallest absolute Gasteiger partial charge is 0.162 e. The fourth-order valence-corrected chi connectivity index (χ4v) is 6.43. The Morgan fingerprint density at radius 2 is 1.93 bits per heavy atom. The van der Waals surface area contributed by atoms with Crippen LogP contribution >= 0.6 is 11.3 Å². The molecule has 4 aromatic rings. The number of benzene rings is 2. The normalized spacial score (nSPS) is 20.4. The van der Waals surface area contributed by atoms with Crippen LogP contribution in [0, 0.1) is 5.41 Å². The number of rotatable bonds is 1. The summed E-state index contributed by atoms with van der Waals surface area (Å²) in [5.41, 5.74) is 6.90. The summed E-state index contributed by atoms with van der Waals surface area (Å²) < 4.78 is 3.47. The van der Waals surface area contributed by atoms with E-state index in [1.807, 2.05) is 0 Å². The van der Waals surface area contributed by atoms with Crippen LogP contribution in [0.2, 0.25) is 0 Å². The molecule has 1 aliphatic heterocycles. The van der Waals surface area contributed by atoms with Crippen LogP contribution in [-0.4, -0.2) is 10.4 Å². The number of thiophene rings is 1. The molecule has 6 rings (SSSR count). The Morgan fingerprint density at radius 1 is 1.10 bits per heavy atom. The molecule has 150 valence electrons. The largest absolute Gasteiger partial charge is 0.358 e. The lowest BCUT2D eigenvalue weighted by atomic mass is 9.68. The van der Waals surface area contributed by atoms with Gasteiger partial charge in [-0.25, -0.2) is 0 Å². The topological polar surface area (TPSA) is 34.0 Å². The molecule has 1 aliphatic carbocycles. The molecule has 0 radical (unpaired) electrons. The summed E-state index contributed by atoms with van der Waals surface area (Å²) in [5.74, 6) is 0.249. The Bertz CT molecular complexity index is 1380. The molecule has 2 aliphatic rings. The maximum Gasteiger partial charge on any atom is 0.162 e. The van der Waals surface area contributed by atoms with Crippen molar-refractivity contribution in [3.05, 3.63) is 76.4 Å². The van der Waals surface area contributed by atoms with Gasteiger partial charge in [-0.05, 0) is 46.4 Å². The second-order valence-corrected chi connectivity index (χ2v) is 10.4. The molecular formula is C26H24N2OS. The van der Waals surface area contributed by atoms with E-state index in [0.717, 1.165) is 23.4 Å². The number of allylic oxidation sites excluding steroid dienone is 2. The van der Waals surface area contributed by atoms with E-state index in [0.29, 0.717) is 6.42 Å². The highest BCUT2D eigenvalue weighted by Gasteiger charge is 2.42. The molecular weight excluding hydrogens is 388 g/mol. The van der Waals surface area contributed by atoms with Crippen molar-refractivity contribution < 1.29 is 4.79 Å². The zero-order valence-electron chi connectivity index (χ0n) is 17.5. The minimum absolute atomic E-state index is 0.0171. The SMILES string of the molecule is Cn1ccc2ccc3c(c21)C(c1csc2ccccc12)C1=C(CC(C)(C)CC1=O)N3. The number of aryl methyl sites for hydroxylation is 1. The van der Waals surface area contributed by atoms with Gasteiger partial charge in [0.2, 0.25) is 0 Å². The van der Waals surface area contributed by atoms with E-state index in [4.69, 9.17) is 0 Å². The molecule has 3 heterocycles. The lowest BCUT2D eigenvalue weighted by molar-refractivity contribution is -0.118. The Balaban J connectivity index is 1.71. The molecule has 0 spiro atoms. The third-order valence-corrected chi connectivity index (χ3v) is 7.67. The first-order chi connectivity index (χ1) is 14.4. The first-order valence-corrected chi connectivity index (χ1v) is 11.4. The van der Waals surface area contributed by atoms with Crippen molar-refractivity contribution in [3.8, 4) is 0 Å². The lowest BCUT2D eigenvalue weighted by Crippen LogP contribution is -2.34.